The lowest BCUT2D eigenvalue weighted by Gasteiger charge is -2.19. The van der Waals surface area contributed by atoms with E-state index in [4.69, 9.17) is 4.74 Å². The third kappa shape index (κ3) is 2.95. The van der Waals surface area contributed by atoms with Crippen LogP contribution < -0.4 is 4.90 Å². The van der Waals surface area contributed by atoms with E-state index in [-0.39, 0.29) is 5.97 Å². The van der Waals surface area contributed by atoms with Gasteiger partial charge in [-0.3, -0.25) is 4.79 Å². The van der Waals surface area contributed by atoms with E-state index in [1.54, 1.807) is 11.3 Å². The van der Waals surface area contributed by atoms with Crippen molar-refractivity contribution in [1.82, 2.24) is 4.98 Å². The Morgan fingerprint density at radius 2 is 2.50 bits per heavy atom. The summed E-state index contributed by atoms with van der Waals surface area (Å²) in [6.45, 7) is 2.55. The van der Waals surface area contributed by atoms with Crippen molar-refractivity contribution in [2.24, 2.45) is 0 Å². The van der Waals surface area contributed by atoms with Gasteiger partial charge in [-0.25, -0.2) is 4.98 Å². The summed E-state index contributed by atoms with van der Waals surface area (Å²) in [6.07, 6.45) is 2.27. The summed E-state index contributed by atoms with van der Waals surface area (Å²) in [6, 6.07) is 0.461. The zero-order valence-corrected chi connectivity index (χ0v) is 11.4. The fourth-order valence-corrected chi connectivity index (χ4v) is 2.78. The zero-order chi connectivity index (χ0) is 11.5. The molecule has 1 aromatic heterocycles. The first-order chi connectivity index (χ1) is 7.70. The number of thiazole rings is 1. The largest absolute Gasteiger partial charge is 0.465 e. The van der Waals surface area contributed by atoms with Gasteiger partial charge in [0.2, 0.25) is 0 Å². The molecular formula is C10H13BrN2O2S. The Morgan fingerprint density at radius 1 is 1.75 bits per heavy atom. The van der Waals surface area contributed by atoms with Crippen molar-refractivity contribution in [2.75, 3.05) is 18.1 Å². The highest BCUT2D eigenvalue weighted by Crippen LogP contribution is 2.34. The Kier molecular flexibility index (Phi) is 3.81. The molecule has 6 heteroatoms. The topological polar surface area (TPSA) is 42.4 Å². The summed E-state index contributed by atoms with van der Waals surface area (Å²) >= 11 is 4.87. The minimum atomic E-state index is -0.180. The van der Waals surface area contributed by atoms with E-state index in [0.717, 1.165) is 22.6 Å². The van der Waals surface area contributed by atoms with Gasteiger partial charge in [-0.2, -0.15) is 0 Å². The molecule has 0 aliphatic heterocycles. The Morgan fingerprint density at radius 3 is 3.00 bits per heavy atom. The second-order valence-electron chi connectivity index (χ2n) is 3.62. The van der Waals surface area contributed by atoms with E-state index >= 15 is 0 Å². The molecule has 16 heavy (non-hydrogen) atoms. The highest BCUT2D eigenvalue weighted by Gasteiger charge is 2.32. The first kappa shape index (κ1) is 11.9. The van der Waals surface area contributed by atoms with Gasteiger partial charge in [-0.05, 0) is 35.7 Å². The molecule has 0 unspecified atom stereocenters. The molecule has 1 aliphatic rings. The van der Waals surface area contributed by atoms with Crippen LogP contribution in [0.15, 0.2) is 9.98 Å². The minimum Gasteiger partial charge on any atom is -0.465 e. The summed E-state index contributed by atoms with van der Waals surface area (Å²) in [5, 5.41) is 2.82. The predicted octanol–water partition coefficient (Wildman–Crippen LogP) is 2.44. The maximum Gasteiger partial charge on any atom is 0.325 e. The van der Waals surface area contributed by atoms with Crippen LogP contribution in [-0.4, -0.2) is 30.1 Å². The van der Waals surface area contributed by atoms with E-state index in [1.165, 1.54) is 0 Å². The van der Waals surface area contributed by atoms with Crippen molar-refractivity contribution < 1.29 is 9.53 Å². The predicted molar refractivity (Wildman–Crippen MR) is 66.8 cm³/mol. The number of nitrogens with zero attached hydrogens (tertiary/aromatic N) is 2. The van der Waals surface area contributed by atoms with Crippen molar-refractivity contribution in [1.29, 1.82) is 0 Å². The number of aromatic nitrogens is 1. The number of esters is 1. The average Bonchev–Trinajstić information content (AvgIpc) is 2.98. The Labute approximate surface area is 107 Å². The van der Waals surface area contributed by atoms with Crippen molar-refractivity contribution in [3.8, 4) is 0 Å². The smallest absolute Gasteiger partial charge is 0.325 e. The quantitative estimate of drug-likeness (QED) is 0.784. The van der Waals surface area contributed by atoms with Crippen LogP contribution in [0.4, 0.5) is 5.13 Å². The van der Waals surface area contributed by atoms with Gasteiger partial charge >= 0.3 is 5.97 Å². The van der Waals surface area contributed by atoms with Crippen LogP contribution in [0.3, 0.4) is 0 Å². The summed E-state index contributed by atoms with van der Waals surface area (Å²) in [4.78, 5) is 17.8. The molecule has 1 fully saturated rings. The molecule has 1 aromatic rings. The number of halogens is 1. The van der Waals surface area contributed by atoms with Gasteiger partial charge in [-0.15, -0.1) is 11.3 Å². The second-order valence-corrected chi connectivity index (χ2v) is 5.27. The number of anilines is 1. The third-order valence-corrected chi connectivity index (χ3v) is 3.89. The molecule has 1 heterocycles. The fraction of sp³-hybridized carbons (Fsp3) is 0.600. The normalized spacial score (nSPS) is 14.9. The Balaban J connectivity index is 2.03. The molecule has 1 aliphatic carbocycles. The van der Waals surface area contributed by atoms with E-state index in [0.29, 0.717) is 19.2 Å². The lowest BCUT2D eigenvalue weighted by molar-refractivity contribution is -0.141. The Hall–Kier alpha value is -0.620. The highest BCUT2D eigenvalue weighted by molar-refractivity contribution is 9.10. The summed E-state index contributed by atoms with van der Waals surface area (Å²) < 4.78 is 5.78. The minimum absolute atomic E-state index is 0.180. The van der Waals surface area contributed by atoms with Crippen LogP contribution in [0.25, 0.3) is 0 Å². The number of hydrogen-bond donors (Lipinski definition) is 0. The van der Waals surface area contributed by atoms with Crippen LogP contribution in [0.5, 0.6) is 0 Å². The van der Waals surface area contributed by atoms with E-state index < -0.39 is 0 Å². The summed E-state index contributed by atoms with van der Waals surface area (Å²) in [5.41, 5.74) is 0. The number of hydrogen-bond acceptors (Lipinski definition) is 5. The van der Waals surface area contributed by atoms with Crippen molar-refractivity contribution >= 4 is 38.4 Å². The lowest BCUT2D eigenvalue weighted by Crippen LogP contribution is -2.32. The Bertz CT molecular complexity index is 379. The molecule has 4 nitrogen and oxygen atoms in total. The van der Waals surface area contributed by atoms with Gasteiger partial charge < -0.3 is 9.64 Å². The van der Waals surface area contributed by atoms with Crippen LogP contribution in [-0.2, 0) is 9.53 Å². The number of ether oxygens (including phenoxy) is 1. The zero-order valence-electron chi connectivity index (χ0n) is 8.98. The third-order valence-electron chi connectivity index (χ3n) is 2.30. The van der Waals surface area contributed by atoms with Gasteiger partial charge in [-0.1, -0.05) is 0 Å². The molecule has 88 valence electrons. The van der Waals surface area contributed by atoms with Gasteiger partial charge in [0, 0.05) is 11.4 Å². The molecule has 0 bridgehead atoms. The average molecular weight is 305 g/mol. The van der Waals surface area contributed by atoms with Gasteiger partial charge in [0.05, 0.1) is 6.61 Å². The summed E-state index contributed by atoms with van der Waals surface area (Å²) in [7, 11) is 0. The molecule has 2 rings (SSSR count). The first-order valence-electron chi connectivity index (χ1n) is 5.24. The van der Waals surface area contributed by atoms with Crippen LogP contribution >= 0.6 is 27.3 Å². The van der Waals surface area contributed by atoms with Gasteiger partial charge in [0.15, 0.2) is 5.13 Å². The molecule has 1 saturated carbocycles. The summed E-state index contributed by atoms with van der Waals surface area (Å²) in [5.74, 6) is -0.180. The molecule has 0 spiro atoms. The van der Waals surface area contributed by atoms with Crippen molar-refractivity contribution in [3.05, 3.63) is 9.98 Å². The fourth-order valence-electron chi connectivity index (χ4n) is 1.46. The van der Waals surface area contributed by atoms with Crippen molar-refractivity contribution in [3.63, 3.8) is 0 Å². The number of carbonyl (C=O) groups excluding carboxylic acids is 1. The number of carbonyl (C=O) groups is 1. The van der Waals surface area contributed by atoms with Crippen molar-refractivity contribution in [2.45, 2.75) is 25.8 Å². The van der Waals surface area contributed by atoms with Gasteiger partial charge in [0.25, 0.3) is 0 Å². The lowest BCUT2D eigenvalue weighted by atomic mass is 10.5. The molecule has 0 N–H and O–H groups in total. The van der Waals surface area contributed by atoms with E-state index in [9.17, 15) is 4.79 Å². The standard InChI is InChI=1S/C10H13BrN2O2S/c1-2-15-9(14)5-13(7-3-4-7)10-12-8(11)6-16-10/h6-7H,2-5H2,1H3. The molecule has 0 aromatic carbocycles. The molecule has 0 saturated heterocycles. The number of rotatable bonds is 5. The first-order valence-corrected chi connectivity index (χ1v) is 6.91. The van der Waals surface area contributed by atoms with Crippen LogP contribution in [0, 0.1) is 0 Å². The van der Waals surface area contributed by atoms with Gasteiger partial charge in [0.1, 0.15) is 11.1 Å². The maximum absolute atomic E-state index is 11.5. The second kappa shape index (κ2) is 5.14. The van der Waals surface area contributed by atoms with Crippen LogP contribution in [0.2, 0.25) is 0 Å². The molecule has 0 amide bonds. The molecule has 0 radical (unpaired) electrons. The van der Waals surface area contributed by atoms with Crippen LogP contribution in [0.1, 0.15) is 19.8 Å². The highest BCUT2D eigenvalue weighted by atomic mass is 79.9. The maximum atomic E-state index is 11.5. The molecular weight excluding hydrogens is 292 g/mol. The van der Waals surface area contributed by atoms with E-state index in [2.05, 4.69) is 20.9 Å². The monoisotopic (exact) mass is 304 g/mol. The van der Waals surface area contributed by atoms with E-state index in [1.807, 2.05) is 17.2 Å². The SMILES string of the molecule is CCOC(=O)CN(c1nc(Br)cs1)C1CC1. The molecule has 0 atom stereocenters.